The largest absolute Gasteiger partial charge is 0.493 e. The van der Waals surface area contributed by atoms with Crippen molar-refractivity contribution in [1.29, 1.82) is 0 Å². The molecule has 204 valence electrons. The zero-order valence-electron chi connectivity index (χ0n) is 24.2. The van der Waals surface area contributed by atoms with Crippen molar-refractivity contribution >= 4 is 11.5 Å². The number of rotatable bonds is 10. The number of ketones is 1. The average Bonchev–Trinajstić information content (AvgIpc) is 3.70. The van der Waals surface area contributed by atoms with Crippen molar-refractivity contribution in [3.63, 3.8) is 0 Å². The molecule has 1 aliphatic carbocycles. The van der Waals surface area contributed by atoms with Crippen LogP contribution in [0.2, 0.25) is 0 Å². The maximum atomic E-state index is 9.44. The van der Waals surface area contributed by atoms with Crippen molar-refractivity contribution in [3.05, 3.63) is 88.3 Å². The fraction of sp³-hybridized carbons (Fsp3) is 0.455. The van der Waals surface area contributed by atoms with Crippen molar-refractivity contribution < 1.29 is 9.53 Å². The van der Waals surface area contributed by atoms with E-state index in [1.165, 1.54) is 48.9 Å². The summed E-state index contributed by atoms with van der Waals surface area (Å²) in [5.41, 5.74) is 9.60. The molecule has 0 atom stereocenters. The molecule has 2 aromatic rings. The molecule has 1 N–H and O–H groups in total. The van der Waals surface area contributed by atoms with Gasteiger partial charge in [0.1, 0.15) is 11.5 Å². The van der Waals surface area contributed by atoms with Gasteiger partial charge in [0.15, 0.2) is 0 Å². The Morgan fingerprint density at radius 3 is 2.29 bits per heavy atom. The quantitative estimate of drug-likeness (QED) is 0.273. The van der Waals surface area contributed by atoms with Crippen LogP contribution in [0.1, 0.15) is 76.6 Å². The third kappa shape index (κ3) is 9.94. The van der Waals surface area contributed by atoms with Gasteiger partial charge in [0.25, 0.3) is 0 Å². The Morgan fingerprint density at radius 1 is 1.00 bits per heavy atom. The van der Waals surface area contributed by atoms with Gasteiger partial charge < -0.3 is 14.8 Å². The molecule has 0 aromatic heterocycles. The van der Waals surface area contributed by atoms with Crippen molar-refractivity contribution in [2.24, 2.45) is 10.9 Å². The first-order valence-corrected chi connectivity index (χ1v) is 13.7. The van der Waals surface area contributed by atoms with Crippen LogP contribution >= 0.6 is 0 Å². The van der Waals surface area contributed by atoms with E-state index in [2.05, 4.69) is 71.2 Å². The van der Waals surface area contributed by atoms with Crippen molar-refractivity contribution in [2.45, 2.75) is 80.4 Å². The SMILES string of the molecule is C=C(NCc1ccc(CN2CCc3cc(OCC4CC4)ccc3C2)cc1)/C(C)=C(\C)N=C(C)C.CC(C)=O. The molecule has 1 heterocycles. The fourth-order valence-electron chi connectivity index (χ4n) is 4.31. The molecule has 38 heavy (non-hydrogen) atoms. The molecule has 0 radical (unpaired) electrons. The number of aliphatic imine (C=N–C) groups is 1. The lowest BCUT2D eigenvalue weighted by molar-refractivity contribution is -0.114. The number of benzene rings is 2. The predicted molar refractivity (Wildman–Crippen MR) is 158 cm³/mol. The second kappa shape index (κ2) is 14.1. The van der Waals surface area contributed by atoms with Gasteiger partial charge in [0, 0.05) is 43.3 Å². The lowest BCUT2D eigenvalue weighted by Crippen LogP contribution is -2.30. The van der Waals surface area contributed by atoms with Gasteiger partial charge in [-0.1, -0.05) is 36.9 Å². The van der Waals surface area contributed by atoms with E-state index in [4.69, 9.17) is 4.74 Å². The third-order valence-corrected chi connectivity index (χ3v) is 6.77. The molecule has 5 nitrogen and oxygen atoms in total. The zero-order valence-corrected chi connectivity index (χ0v) is 24.2. The number of carbonyl (C=O) groups excluding carboxylic acids is 1. The molecule has 5 heteroatoms. The van der Waals surface area contributed by atoms with Gasteiger partial charge in [0.2, 0.25) is 0 Å². The number of fused-ring (bicyclic) bond motifs is 1. The lowest BCUT2D eigenvalue weighted by Gasteiger charge is -2.29. The maximum Gasteiger partial charge on any atom is 0.126 e. The Bertz CT molecular complexity index is 1170. The molecule has 0 saturated heterocycles. The summed E-state index contributed by atoms with van der Waals surface area (Å²) in [6.07, 6.45) is 3.75. The summed E-state index contributed by atoms with van der Waals surface area (Å²) in [4.78, 5) is 16.5. The molecule has 0 bridgehead atoms. The molecule has 2 aromatic carbocycles. The molecule has 1 saturated carbocycles. The average molecular weight is 516 g/mol. The van der Waals surface area contributed by atoms with E-state index in [1.807, 2.05) is 20.8 Å². The normalized spacial score (nSPS) is 15.3. The zero-order chi connectivity index (χ0) is 27.7. The number of ether oxygens (including phenoxy) is 1. The maximum absolute atomic E-state index is 9.44. The van der Waals surface area contributed by atoms with Crippen LogP contribution in [0.15, 0.2) is 71.0 Å². The summed E-state index contributed by atoms with van der Waals surface area (Å²) in [5.74, 6) is 2.00. The lowest BCUT2D eigenvalue weighted by atomic mass is 9.99. The highest BCUT2D eigenvalue weighted by molar-refractivity contribution is 5.80. The highest BCUT2D eigenvalue weighted by Gasteiger charge is 2.22. The van der Waals surface area contributed by atoms with Gasteiger partial charge in [0.05, 0.1) is 6.61 Å². The van der Waals surface area contributed by atoms with Crippen LogP contribution in [-0.2, 0) is 30.8 Å². The van der Waals surface area contributed by atoms with E-state index in [0.717, 1.165) is 73.6 Å². The summed E-state index contributed by atoms with van der Waals surface area (Å²) in [7, 11) is 0. The fourth-order valence-corrected chi connectivity index (χ4v) is 4.31. The molecule has 0 unspecified atom stereocenters. The molecule has 1 aliphatic heterocycles. The van der Waals surface area contributed by atoms with Crippen LogP contribution in [0.5, 0.6) is 5.75 Å². The molecule has 1 fully saturated rings. The molecular weight excluding hydrogens is 470 g/mol. The summed E-state index contributed by atoms with van der Waals surface area (Å²) in [5, 5.41) is 3.45. The van der Waals surface area contributed by atoms with E-state index in [9.17, 15) is 4.79 Å². The van der Waals surface area contributed by atoms with Crippen LogP contribution in [0.25, 0.3) is 0 Å². The van der Waals surface area contributed by atoms with Gasteiger partial charge in [-0.25, -0.2) is 0 Å². The van der Waals surface area contributed by atoms with Gasteiger partial charge in [-0.05, 0) is 107 Å². The minimum absolute atomic E-state index is 0.167. The van der Waals surface area contributed by atoms with Crippen LogP contribution in [-0.4, -0.2) is 29.5 Å². The van der Waals surface area contributed by atoms with Gasteiger partial charge in [-0.2, -0.15) is 0 Å². The smallest absolute Gasteiger partial charge is 0.126 e. The van der Waals surface area contributed by atoms with E-state index in [1.54, 1.807) is 0 Å². The Morgan fingerprint density at radius 2 is 1.66 bits per heavy atom. The number of nitrogens with zero attached hydrogens (tertiary/aromatic N) is 2. The summed E-state index contributed by atoms with van der Waals surface area (Å²) < 4.78 is 5.97. The van der Waals surface area contributed by atoms with Crippen LogP contribution in [0.3, 0.4) is 0 Å². The summed E-state index contributed by atoms with van der Waals surface area (Å²) in [6, 6.07) is 15.6. The molecule has 0 amide bonds. The third-order valence-electron chi connectivity index (χ3n) is 6.77. The van der Waals surface area contributed by atoms with E-state index >= 15 is 0 Å². The van der Waals surface area contributed by atoms with Crippen molar-refractivity contribution in [3.8, 4) is 5.75 Å². The summed E-state index contributed by atoms with van der Waals surface area (Å²) in [6.45, 7) is 20.1. The van der Waals surface area contributed by atoms with E-state index < -0.39 is 0 Å². The Hall–Kier alpha value is -3.18. The molecule has 0 spiro atoms. The number of Topliss-reactive ketones (excluding diaryl/α,β-unsaturated/α-hetero) is 1. The Labute approximate surface area is 229 Å². The van der Waals surface area contributed by atoms with E-state index in [-0.39, 0.29) is 5.78 Å². The monoisotopic (exact) mass is 515 g/mol. The first-order chi connectivity index (χ1) is 18.1. The minimum Gasteiger partial charge on any atom is -0.493 e. The number of hydrogen-bond donors (Lipinski definition) is 1. The Balaban J connectivity index is 0.000000934. The Kier molecular flexibility index (Phi) is 10.9. The first-order valence-electron chi connectivity index (χ1n) is 13.7. The van der Waals surface area contributed by atoms with E-state index in [0.29, 0.717) is 0 Å². The van der Waals surface area contributed by atoms with Crippen LogP contribution < -0.4 is 10.1 Å². The van der Waals surface area contributed by atoms with Crippen molar-refractivity contribution in [1.82, 2.24) is 10.2 Å². The highest BCUT2D eigenvalue weighted by Crippen LogP contribution is 2.31. The topological polar surface area (TPSA) is 53.9 Å². The number of nitrogens with one attached hydrogen (secondary N) is 1. The summed E-state index contributed by atoms with van der Waals surface area (Å²) >= 11 is 0. The molecule has 2 aliphatic rings. The standard InChI is InChI=1S/C30H39N3O.C3H6O/c1-21(2)32-24(5)22(3)23(4)31-17-25-6-8-26(9-7-25)18-33-15-14-28-16-30(13-12-29(28)19-33)34-20-27-10-11-27;1-3(2)4/h6-9,12-13,16,27,31H,4,10-11,14-15,17-20H2,1-3,5H3;1-2H3/b24-22+;. The van der Waals surface area contributed by atoms with Crippen molar-refractivity contribution in [2.75, 3.05) is 13.2 Å². The first kappa shape index (κ1) is 29.4. The minimum atomic E-state index is 0.167. The second-order valence-electron chi connectivity index (χ2n) is 11.0. The van der Waals surface area contributed by atoms with Gasteiger partial charge >= 0.3 is 0 Å². The van der Waals surface area contributed by atoms with Gasteiger partial charge in [-0.15, -0.1) is 0 Å². The number of hydrogen-bond acceptors (Lipinski definition) is 5. The number of carbonyl (C=O) groups is 1. The predicted octanol–water partition coefficient (Wildman–Crippen LogP) is 7.01. The van der Waals surface area contributed by atoms with Gasteiger partial charge in [-0.3, -0.25) is 9.89 Å². The molecular formula is C33H45N3O2. The second-order valence-corrected chi connectivity index (χ2v) is 11.0. The van der Waals surface area contributed by atoms with Crippen LogP contribution in [0.4, 0.5) is 0 Å². The molecule has 4 rings (SSSR count). The number of allylic oxidation sites excluding steroid dienone is 2. The highest BCUT2D eigenvalue weighted by atomic mass is 16.5. The van der Waals surface area contributed by atoms with Crippen LogP contribution in [0, 0.1) is 5.92 Å².